The van der Waals surface area contributed by atoms with E-state index in [1.807, 2.05) is 54.7 Å². The molecular weight excluding hydrogens is 416 g/mol. The molecule has 0 saturated carbocycles. The van der Waals surface area contributed by atoms with Gasteiger partial charge in [0, 0.05) is 23.7 Å². The van der Waals surface area contributed by atoms with E-state index in [0.717, 1.165) is 47.6 Å². The van der Waals surface area contributed by atoms with E-state index < -0.39 is 0 Å². The lowest BCUT2D eigenvalue weighted by molar-refractivity contribution is 0.444. The first-order valence-electron chi connectivity index (χ1n) is 10.2. The van der Waals surface area contributed by atoms with Crippen molar-refractivity contribution in [3.05, 3.63) is 65.5 Å². The number of halogens is 1. The van der Waals surface area contributed by atoms with Crippen molar-refractivity contribution in [2.45, 2.75) is 26.3 Å². The van der Waals surface area contributed by atoms with Crippen LogP contribution in [0.4, 0.5) is 11.5 Å². The number of piperidine rings is 1. The fourth-order valence-corrected chi connectivity index (χ4v) is 3.95. The van der Waals surface area contributed by atoms with Gasteiger partial charge in [-0.2, -0.15) is 0 Å². The van der Waals surface area contributed by atoms with Crippen LogP contribution in [0, 0.1) is 5.92 Å². The Labute approximate surface area is 187 Å². The van der Waals surface area contributed by atoms with Crippen molar-refractivity contribution in [2.24, 2.45) is 5.92 Å². The number of anilines is 2. The molecule has 5 nitrogen and oxygen atoms in total. The second-order valence-electron chi connectivity index (χ2n) is 7.68. The zero-order valence-corrected chi connectivity index (χ0v) is 18.5. The standard InChI is InChI=1S/C23H25ClN4OS/c1-16-3-2-12-28(15-16)22-11-8-19(13-25-22)27-23(30)26-14-20-9-10-21(29-20)17-4-6-18(24)7-5-17/h4-11,13,16H,2-3,12,14-15H2,1H3,(H2,26,27,30). The van der Waals surface area contributed by atoms with E-state index in [2.05, 4.69) is 27.4 Å². The van der Waals surface area contributed by atoms with Crippen molar-refractivity contribution in [1.82, 2.24) is 10.3 Å². The highest BCUT2D eigenvalue weighted by molar-refractivity contribution is 7.80. The van der Waals surface area contributed by atoms with Gasteiger partial charge in [-0.15, -0.1) is 0 Å². The summed E-state index contributed by atoms with van der Waals surface area (Å²) in [7, 11) is 0. The molecule has 30 heavy (non-hydrogen) atoms. The van der Waals surface area contributed by atoms with E-state index >= 15 is 0 Å². The molecule has 1 aromatic carbocycles. The third-order valence-electron chi connectivity index (χ3n) is 5.20. The molecule has 2 N–H and O–H groups in total. The Morgan fingerprint density at radius 3 is 2.77 bits per heavy atom. The average Bonchev–Trinajstić information content (AvgIpc) is 3.22. The summed E-state index contributed by atoms with van der Waals surface area (Å²) in [4.78, 5) is 6.95. The van der Waals surface area contributed by atoms with E-state index in [-0.39, 0.29) is 0 Å². The maximum Gasteiger partial charge on any atom is 0.171 e. The summed E-state index contributed by atoms with van der Waals surface area (Å²) < 4.78 is 5.89. The SMILES string of the molecule is CC1CCCN(c2ccc(NC(=S)NCc3ccc(-c4ccc(Cl)cc4)o3)cn2)C1. The molecule has 3 heterocycles. The topological polar surface area (TPSA) is 53.3 Å². The van der Waals surface area contributed by atoms with Gasteiger partial charge in [-0.1, -0.05) is 18.5 Å². The second-order valence-corrected chi connectivity index (χ2v) is 8.52. The summed E-state index contributed by atoms with van der Waals surface area (Å²) in [5.74, 6) is 3.35. The highest BCUT2D eigenvalue weighted by atomic mass is 35.5. The van der Waals surface area contributed by atoms with Gasteiger partial charge in [0.2, 0.25) is 0 Å². The van der Waals surface area contributed by atoms with Crippen LogP contribution in [-0.4, -0.2) is 23.2 Å². The number of nitrogens with one attached hydrogen (secondary N) is 2. The van der Waals surface area contributed by atoms with Crippen LogP contribution in [0.5, 0.6) is 0 Å². The minimum Gasteiger partial charge on any atom is -0.459 e. The van der Waals surface area contributed by atoms with Crippen molar-refractivity contribution >= 4 is 40.4 Å². The van der Waals surface area contributed by atoms with Crippen LogP contribution in [0.2, 0.25) is 5.02 Å². The Balaban J connectivity index is 1.28. The quantitative estimate of drug-likeness (QED) is 0.495. The van der Waals surface area contributed by atoms with Gasteiger partial charge < -0.3 is 20.0 Å². The molecule has 4 rings (SSSR count). The maximum absolute atomic E-state index is 5.94. The average molecular weight is 441 g/mol. The van der Waals surface area contributed by atoms with Gasteiger partial charge in [0.25, 0.3) is 0 Å². The number of furan rings is 1. The smallest absolute Gasteiger partial charge is 0.171 e. The predicted octanol–water partition coefficient (Wildman–Crippen LogP) is 5.72. The van der Waals surface area contributed by atoms with Crippen molar-refractivity contribution < 1.29 is 4.42 Å². The lowest BCUT2D eigenvalue weighted by Crippen LogP contribution is -2.34. The Morgan fingerprint density at radius 1 is 1.20 bits per heavy atom. The third kappa shape index (κ3) is 5.32. The molecule has 7 heteroatoms. The molecule has 0 amide bonds. The molecule has 1 saturated heterocycles. The molecular formula is C23H25ClN4OS. The first kappa shape index (κ1) is 20.7. The molecule has 1 unspecified atom stereocenters. The lowest BCUT2D eigenvalue weighted by Gasteiger charge is -2.31. The minimum atomic E-state index is 0.497. The van der Waals surface area contributed by atoms with Crippen LogP contribution in [0.25, 0.3) is 11.3 Å². The zero-order chi connectivity index (χ0) is 20.9. The molecule has 0 radical (unpaired) electrons. The van der Waals surface area contributed by atoms with Gasteiger partial charge in [-0.05, 0) is 79.5 Å². The van der Waals surface area contributed by atoms with Crippen LogP contribution in [0.15, 0.2) is 59.1 Å². The van der Waals surface area contributed by atoms with Crippen LogP contribution < -0.4 is 15.5 Å². The number of hydrogen-bond acceptors (Lipinski definition) is 4. The van der Waals surface area contributed by atoms with Gasteiger partial charge in [-0.3, -0.25) is 0 Å². The van der Waals surface area contributed by atoms with Crippen molar-refractivity contribution in [3.63, 3.8) is 0 Å². The summed E-state index contributed by atoms with van der Waals surface area (Å²) in [6.07, 6.45) is 4.35. The van der Waals surface area contributed by atoms with Gasteiger partial charge >= 0.3 is 0 Å². The first-order chi connectivity index (χ1) is 14.6. The van der Waals surface area contributed by atoms with Gasteiger partial charge in [0.15, 0.2) is 5.11 Å². The molecule has 0 spiro atoms. The van der Waals surface area contributed by atoms with Gasteiger partial charge in [-0.25, -0.2) is 4.98 Å². The number of nitrogens with zero attached hydrogens (tertiary/aromatic N) is 2. The molecule has 1 fully saturated rings. The summed E-state index contributed by atoms with van der Waals surface area (Å²) in [6.45, 7) is 4.94. The van der Waals surface area contributed by atoms with Crippen LogP contribution in [0.3, 0.4) is 0 Å². The number of pyridine rings is 1. The minimum absolute atomic E-state index is 0.497. The second kappa shape index (κ2) is 9.49. The van der Waals surface area contributed by atoms with E-state index in [9.17, 15) is 0 Å². The van der Waals surface area contributed by atoms with Crippen LogP contribution in [0.1, 0.15) is 25.5 Å². The first-order valence-corrected chi connectivity index (χ1v) is 11.0. The summed E-state index contributed by atoms with van der Waals surface area (Å²) >= 11 is 11.3. The fraction of sp³-hybridized carbons (Fsp3) is 0.304. The van der Waals surface area contributed by atoms with E-state index in [1.54, 1.807) is 0 Å². The normalized spacial score (nSPS) is 16.3. The van der Waals surface area contributed by atoms with Crippen LogP contribution in [-0.2, 0) is 6.54 Å². The number of benzene rings is 1. The molecule has 3 aromatic rings. The van der Waals surface area contributed by atoms with E-state index in [4.69, 9.17) is 28.2 Å². The summed E-state index contributed by atoms with van der Waals surface area (Å²) in [5.41, 5.74) is 1.85. The molecule has 1 aliphatic rings. The fourth-order valence-electron chi connectivity index (χ4n) is 3.63. The van der Waals surface area contributed by atoms with Crippen LogP contribution >= 0.6 is 23.8 Å². The number of aromatic nitrogens is 1. The highest BCUT2D eigenvalue weighted by Gasteiger charge is 2.17. The van der Waals surface area contributed by atoms with Gasteiger partial charge in [0.05, 0.1) is 18.4 Å². The number of thiocarbonyl (C=S) groups is 1. The Morgan fingerprint density at radius 2 is 2.03 bits per heavy atom. The van der Waals surface area contributed by atoms with E-state index in [1.165, 1.54) is 12.8 Å². The number of hydrogen-bond donors (Lipinski definition) is 2. The maximum atomic E-state index is 5.94. The molecule has 156 valence electrons. The molecule has 1 atom stereocenters. The largest absolute Gasteiger partial charge is 0.459 e. The molecule has 2 aromatic heterocycles. The molecule has 0 bridgehead atoms. The summed E-state index contributed by atoms with van der Waals surface area (Å²) in [5, 5.41) is 7.58. The highest BCUT2D eigenvalue weighted by Crippen LogP contribution is 2.24. The van der Waals surface area contributed by atoms with Gasteiger partial charge in [0.1, 0.15) is 17.3 Å². The summed E-state index contributed by atoms with van der Waals surface area (Å²) in [6, 6.07) is 15.5. The Kier molecular flexibility index (Phi) is 6.55. The lowest BCUT2D eigenvalue weighted by atomic mass is 10.0. The predicted molar refractivity (Wildman–Crippen MR) is 127 cm³/mol. The monoisotopic (exact) mass is 440 g/mol. The Hall–Kier alpha value is -2.57. The molecule has 1 aliphatic heterocycles. The van der Waals surface area contributed by atoms with Crippen molar-refractivity contribution in [1.29, 1.82) is 0 Å². The van der Waals surface area contributed by atoms with Crippen molar-refractivity contribution in [3.8, 4) is 11.3 Å². The van der Waals surface area contributed by atoms with Crippen molar-refractivity contribution in [2.75, 3.05) is 23.3 Å². The molecule has 0 aliphatic carbocycles. The van der Waals surface area contributed by atoms with E-state index in [0.29, 0.717) is 16.7 Å². The zero-order valence-electron chi connectivity index (χ0n) is 16.9. The third-order valence-corrected chi connectivity index (χ3v) is 5.70. The Bertz CT molecular complexity index is 987. The number of rotatable bonds is 5.